The molecule has 2 aliphatic heterocycles. The SMILES string of the molecule is COc1cccc(N2CC(NC(=O)N3CCN(c4ccccc4Cl)CC3)CC2=O)c1. The number of hydrogen-bond donors (Lipinski definition) is 1. The molecule has 0 bridgehead atoms. The van der Waals surface area contributed by atoms with Crippen LogP contribution in [0.25, 0.3) is 0 Å². The van der Waals surface area contributed by atoms with Crippen LogP contribution in [0, 0.1) is 0 Å². The molecule has 30 heavy (non-hydrogen) atoms. The maximum atomic E-state index is 12.7. The van der Waals surface area contributed by atoms with Crippen LogP contribution in [-0.4, -0.2) is 62.7 Å². The lowest BCUT2D eigenvalue weighted by atomic mass is 10.2. The van der Waals surface area contributed by atoms with Crippen LogP contribution in [0.15, 0.2) is 48.5 Å². The maximum absolute atomic E-state index is 12.7. The van der Waals surface area contributed by atoms with Gasteiger partial charge in [-0.1, -0.05) is 29.8 Å². The third-order valence-electron chi connectivity index (χ3n) is 5.58. The predicted molar refractivity (Wildman–Crippen MR) is 118 cm³/mol. The van der Waals surface area contributed by atoms with Gasteiger partial charge in [0.15, 0.2) is 0 Å². The Kier molecular flexibility index (Phi) is 5.99. The molecule has 0 aromatic heterocycles. The van der Waals surface area contributed by atoms with Gasteiger partial charge < -0.3 is 24.8 Å². The van der Waals surface area contributed by atoms with E-state index in [2.05, 4.69) is 10.2 Å². The summed E-state index contributed by atoms with van der Waals surface area (Å²) in [6.45, 7) is 3.11. The lowest BCUT2D eigenvalue weighted by molar-refractivity contribution is -0.117. The second-order valence-electron chi connectivity index (χ2n) is 7.48. The van der Waals surface area contributed by atoms with Gasteiger partial charge in [0.1, 0.15) is 5.75 Å². The molecule has 2 fully saturated rings. The highest BCUT2D eigenvalue weighted by Crippen LogP contribution is 2.27. The Morgan fingerprint density at radius 1 is 1.10 bits per heavy atom. The van der Waals surface area contributed by atoms with Crippen LogP contribution in [0.5, 0.6) is 5.75 Å². The van der Waals surface area contributed by atoms with Crippen molar-refractivity contribution in [3.8, 4) is 5.75 Å². The lowest BCUT2D eigenvalue weighted by Gasteiger charge is -2.36. The zero-order valence-electron chi connectivity index (χ0n) is 16.9. The highest BCUT2D eigenvalue weighted by Gasteiger charge is 2.33. The second-order valence-corrected chi connectivity index (χ2v) is 7.89. The van der Waals surface area contributed by atoms with Gasteiger partial charge in [-0.25, -0.2) is 4.79 Å². The second kappa shape index (κ2) is 8.83. The Hall–Kier alpha value is -2.93. The number of amides is 3. The van der Waals surface area contributed by atoms with Gasteiger partial charge in [0.25, 0.3) is 0 Å². The number of carbonyl (C=O) groups is 2. The summed E-state index contributed by atoms with van der Waals surface area (Å²) in [5, 5.41) is 3.74. The largest absolute Gasteiger partial charge is 0.497 e. The molecule has 0 saturated carbocycles. The van der Waals surface area contributed by atoms with Crippen molar-refractivity contribution in [3.05, 3.63) is 53.6 Å². The first kappa shape index (κ1) is 20.3. The Morgan fingerprint density at radius 2 is 1.87 bits per heavy atom. The number of para-hydroxylation sites is 1. The number of benzene rings is 2. The first-order chi connectivity index (χ1) is 14.5. The number of ether oxygens (including phenoxy) is 1. The summed E-state index contributed by atoms with van der Waals surface area (Å²) in [5.41, 5.74) is 1.78. The van der Waals surface area contributed by atoms with Crippen LogP contribution in [0.3, 0.4) is 0 Å². The smallest absolute Gasteiger partial charge is 0.317 e. The highest BCUT2D eigenvalue weighted by molar-refractivity contribution is 6.33. The van der Waals surface area contributed by atoms with E-state index >= 15 is 0 Å². The average Bonchev–Trinajstić information content (AvgIpc) is 3.14. The van der Waals surface area contributed by atoms with E-state index in [1.165, 1.54) is 0 Å². The molecule has 2 heterocycles. The standard InChI is InChI=1S/C22H25ClN4O3/c1-30-18-6-4-5-17(14-18)27-15-16(13-21(27)28)24-22(29)26-11-9-25(10-12-26)20-8-3-2-7-19(20)23/h2-8,14,16H,9-13,15H2,1H3,(H,24,29). The number of hydrogen-bond acceptors (Lipinski definition) is 4. The number of halogens is 1. The van der Waals surface area contributed by atoms with E-state index in [0.29, 0.717) is 31.8 Å². The summed E-state index contributed by atoms with van der Waals surface area (Å²) in [5.74, 6) is 0.696. The van der Waals surface area contributed by atoms with Crippen LogP contribution in [0.4, 0.5) is 16.2 Å². The van der Waals surface area contributed by atoms with E-state index in [9.17, 15) is 9.59 Å². The molecule has 2 saturated heterocycles. The minimum absolute atomic E-state index is 0.00269. The summed E-state index contributed by atoms with van der Waals surface area (Å²) in [6, 6.07) is 14.8. The Bertz CT molecular complexity index is 930. The number of nitrogens with zero attached hydrogens (tertiary/aromatic N) is 3. The third kappa shape index (κ3) is 4.31. The van der Waals surface area contributed by atoms with E-state index in [-0.39, 0.29) is 18.0 Å². The quantitative estimate of drug-likeness (QED) is 0.813. The molecule has 2 aromatic carbocycles. The van der Waals surface area contributed by atoms with E-state index in [4.69, 9.17) is 16.3 Å². The van der Waals surface area contributed by atoms with E-state index in [1.54, 1.807) is 16.9 Å². The molecule has 2 aromatic rings. The number of piperazine rings is 1. The topological polar surface area (TPSA) is 65.1 Å². The number of carbonyl (C=O) groups excluding carboxylic acids is 2. The van der Waals surface area contributed by atoms with Crippen LogP contribution >= 0.6 is 11.6 Å². The summed E-state index contributed by atoms with van der Waals surface area (Å²) in [4.78, 5) is 30.9. The molecule has 7 nitrogen and oxygen atoms in total. The van der Waals surface area contributed by atoms with Crippen molar-refractivity contribution >= 4 is 34.9 Å². The average molecular weight is 429 g/mol. The molecule has 0 spiro atoms. The van der Waals surface area contributed by atoms with Crippen LogP contribution in [0.1, 0.15) is 6.42 Å². The van der Waals surface area contributed by atoms with Gasteiger partial charge in [0.05, 0.1) is 23.9 Å². The Morgan fingerprint density at radius 3 is 2.60 bits per heavy atom. The number of anilines is 2. The zero-order chi connectivity index (χ0) is 21.1. The molecule has 2 aliphatic rings. The number of urea groups is 1. The van der Waals surface area contributed by atoms with Crippen molar-refractivity contribution in [3.63, 3.8) is 0 Å². The maximum Gasteiger partial charge on any atom is 0.317 e. The molecule has 1 N–H and O–H groups in total. The van der Waals surface area contributed by atoms with Crippen molar-refractivity contribution in [2.45, 2.75) is 12.5 Å². The van der Waals surface area contributed by atoms with E-state index in [1.807, 2.05) is 48.5 Å². The van der Waals surface area contributed by atoms with Crippen LogP contribution < -0.4 is 19.9 Å². The van der Waals surface area contributed by atoms with Gasteiger partial charge in [-0.15, -0.1) is 0 Å². The van der Waals surface area contributed by atoms with Gasteiger partial charge >= 0.3 is 6.03 Å². The minimum atomic E-state index is -0.210. The molecule has 158 valence electrons. The summed E-state index contributed by atoms with van der Waals surface area (Å²) in [7, 11) is 1.60. The molecule has 0 radical (unpaired) electrons. The fourth-order valence-electron chi connectivity index (χ4n) is 3.96. The molecule has 1 atom stereocenters. The molecule has 8 heteroatoms. The lowest BCUT2D eigenvalue weighted by Crippen LogP contribution is -2.54. The summed E-state index contributed by atoms with van der Waals surface area (Å²) < 4.78 is 5.24. The monoisotopic (exact) mass is 428 g/mol. The molecule has 3 amide bonds. The molecule has 1 unspecified atom stereocenters. The van der Waals surface area contributed by atoms with Crippen molar-refractivity contribution < 1.29 is 14.3 Å². The fraction of sp³-hybridized carbons (Fsp3) is 0.364. The van der Waals surface area contributed by atoms with Gasteiger partial charge in [0, 0.05) is 50.9 Å². The van der Waals surface area contributed by atoms with E-state index < -0.39 is 0 Å². The van der Waals surface area contributed by atoms with E-state index in [0.717, 1.165) is 29.5 Å². The van der Waals surface area contributed by atoms with Gasteiger partial charge in [-0.3, -0.25) is 4.79 Å². The predicted octanol–water partition coefficient (Wildman–Crippen LogP) is 2.99. The molecular weight excluding hydrogens is 404 g/mol. The van der Waals surface area contributed by atoms with Crippen molar-refractivity contribution in [1.29, 1.82) is 0 Å². The minimum Gasteiger partial charge on any atom is -0.497 e. The van der Waals surface area contributed by atoms with Gasteiger partial charge in [-0.2, -0.15) is 0 Å². The molecular formula is C22H25ClN4O3. The van der Waals surface area contributed by atoms with Gasteiger partial charge in [0.2, 0.25) is 5.91 Å². The zero-order valence-corrected chi connectivity index (χ0v) is 17.6. The summed E-state index contributed by atoms with van der Waals surface area (Å²) in [6.07, 6.45) is 0.294. The Balaban J connectivity index is 1.31. The number of methoxy groups -OCH3 is 1. The molecule has 0 aliphatic carbocycles. The first-order valence-electron chi connectivity index (χ1n) is 10.0. The van der Waals surface area contributed by atoms with Crippen LogP contribution in [0.2, 0.25) is 5.02 Å². The normalized spacial score (nSPS) is 19.2. The van der Waals surface area contributed by atoms with Crippen molar-refractivity contribution in [2.24, 2.45) is 0 Å². The third-order valence-corrected chi connectivity index (χ3v) is 5.90. The number of rotatable bonds is 4. The van der Waals surface area contributed by atoms with Crippen molar-refractivity contribution in [2.75, 3.05) is 49.6 Å². The fourth-order valence-corrected chi connectivity index (χ4v) is 4.21. The van der Waals surface area contributed by atoms with Gasteiger partial charge in [-0.05, 0) is 24.3 Å². The summed E-state index contributed by atoms with van der Waals surface area (Å²) >= 11 is 6.29. The first-order valence-corrected chi connectivity index (χ1v) is 10.4. The number of nitrogens with one attached hydrogen (secondary N) is 1. The highest BCUT2D eigenvalue weighted by atomic mass is 35.5. The Labute approximate surface area is 181 Å². The van der Waals surface area contributed by atoms with Crippen molar-refractivity contribution in [1.82, 2.24) is 10.2 Å². The van der Waals surface area contributed by atoms with Crippen LogP contribution in [-0.2, 0) is 4.79 Å². The molecule has 4 rings (SSSR count).